The number of carbonyl (C=O) groups excluding carboxylic acids is 1. The molecule has 0 aliphatic heterocycles. The summed E-state index contributed by atoms with van der Waals surface area (Å²) in [6, 6.07) is -0.406. The van der Waals surface area contributed by atoms with E-state index >= 15 is 0 Å². The third kappa shape index (κ3) is 6.30. The molecule has 2 unspecified atom stereocenters. The summed E-state index contributed by atoms with van der Waals surface area (Å²) >= 11 is 0. The number of hydrogen-bond donors (Lipinski definition) is 3. The number of urea groups is 1. The van der Waals surface area contributed by atoms with Crippen molar-refractivity contribution in [2.75, 3.05) is 20.3 Å². The highest BCUT2D eigenvalue weighted by Crippen LogP contribution is 1.93. The van der Waals surface area contributed by atoms with E-state index in [1.807, 2.05) is 13.8 Å². The molecule has 0 radical (unpaired) electrons. The van der Waals surface area contributed by atoms with Crippen LogP contribution in [0.3, 0.4) is 0 Å². The quantitative estimate of drug-likeness (QED) is 0.582. The van der Waals surface area contributed by atoms with Gasteiger partial charge in [-0.15, -0.1) is 0 Å². The maximum absolute atomic E-state index is 11.4. The standard InChI is InChI=1S/C10H22N2O3/c1-4-8(6-13)11-10(14)12-9(5-2)7-15-3/h8-9,13H,4-7H2,1-3H3,(H2,11,12,14). The first-order valence-corrected chi connectivity index (χ1v) is 5.34. The molecule has 15 heavy (non-hydrogen) atoms. The van der Waals surface area contributed by atoms with Crippen LogP contribution in [0.5, 0.6) is 0 Å². The molecule has 0 bridgehead atoms. The van der Waals surface area contributed by atoms with Crippen LogP contribution in [0.1, 0.15) is 26.7 Å². The van der Waals surface area contributed by atoms with Gasteiger partial charge in [0, 0.05) is 7.11 Å². The van der Waals surface area contributed by atoms with Gasteiger partial charge in [0.1, 0.15) is 0 Å². The SMILES string of the molecule is CCC(CO)NC(=O)NC(CC)COC. The summed E-state index contributed by atoms with van der Waals surface area (Å²) in [5, 5.41) is 14.4. The van der Waals surface area contributed by atoms with Crippen molar-refractivity contribution < 1.29 is 14.6 Å². The molecule has 0 spiro atoms. The van der Waals surface area contributed by atoms with Crippen LogP contribution in [0, 0.1) is 0 Å². The summed E-state index contributed by atoms with van der Waals surface area (Å²) in [7, 11) is 1.60. The van der Waals surface area contributed by atoms with Crippen LogP contribution in [-0.4, -0.2) is 43.5 Å². The number of aliphatic hydroxyl groups is 1. The Morgan fingerprint density at radius 3 is 2.20 bits per heavy atom. The molecule has 0 heterocycles. The Balaban J connectivity index is 3.88. The van der Waals surface area contributed by atoms with E-state index in [9.17, 15) is 4.79 Å². The molecular formula is C10H22N2O3. The van der Waals surface area contributed by atoms with Crippen LogP contribution in [0.4, 0.5) is 4.79 Å². The lowest BCUT2D eigenvalue weighted by Gasteiger charge is -2.19. The molecule has 0 aliphatic carbocycles. The van der Waals surface area contributed by atoms with Crippen molar-refractivity contribution in [1.29, 1.82) is 0 Å². The zero-order valence-electron chi connectivity index (χ0n) is 9.75. The van der Waals surface area contributed by atoms with Crippen molar-refractivity contribution in [1.82, 2.24) is 10.6 Å². The second-order valence-corrected chi connectivity index (χ2v) is 3.47. The lowest BCUT2D eigenvalue weighted by atomic mass is 10.2. The number of nitrogens with one attached hydrogen (secondary N) is 2. The fraction of sp³-hybridized carbons (Fsp3) is 0.900. The maximum Gasteiger partial charge on any atom is 0.315 e. The number of carbonyl (C=O) groups is 1. The van der Waals surface area contributed by atoms with Gasteiger partial charge in [0.25, 0.3) is 0 Å². The number of methoxy groups -OCH3 is 1. The van der Waals surface area contributed by atoms with Gasteiger partial charge in [-0.05, 0) is 12.8 Å². The van der Waals surface area contributed by atoms with Crippen molar-refractivity contribution in [2.45, 2.75) is 38.8 Å². The molecule has 2 atom stereocenters. The van der Waals surface area contributed by atoms with E-state index in [2.05, 4.69) is 10.6 Å². The number of ether oxygens (including phenoxy) is 1. The highest BCUT2D eigenvalue weighted by atomic mass is 16.5. The zero-order valence-corrected chi connectivity index (χ0v) is 9.75. The summed E-state index contributed by atoms with van der Waals surface area (Å²) in [5.74, 6) is 0. The van der Waals surface area contributed by atoms with Gasteiger partial charge in [-0.3, -0.25) is 0 Å². The Labute approximate surface area is 91.2 Å². The highest BCUT2D eigenvalue weighted by molar-refractivity contribution is 5.74. The Hall–Kier alpha value is -0.810. The number of rotatable bonds is 7. The van der Waals surface area contributed by atoms with Gasteiger partial charge in [0.15, 0.2) is 0 Å². The van der Waals surface area contributed by atoms with Gasteiger partial charge in [0.2, 0.25) is 0 Å². The lowest BCUT2D eigenvalue weighted by Crippen LogP contribution is -2.48. The minimum atomic E-state index is -0.250. The van der Waals surface area contributed by atoms with Crippen LogP contribution in [0.2, 0.25) is 0 Å². The molecule has 5 nitrogen and oxygen atoms in total. The number of amides is 2. The topological polar surface area (TPSA) is 70.6 Å². The highest BCUT2D eigenvalue weighted by Gasteiger charge is 2.12. The Morgan fingerprint density at radius 2 is 1.80 bits per heavy atom. The third-order valence-corrected chi connectivity index (χ3v) is 2.24. The fourth-order valence-corrected chi connectivity index (χ4v) is 1.15. The summed E-state index contributed by atoms with van der Waals surface area (Å²) < 4.78 is 4.96. The van der Waals surface area contributed by atoms with Crippen molar-refractivity contribution in [2.24, 2.45) is 0 Å². The number of hydrogen-bond acceptors (Lipinski definition) is 3. The normalized spacial score (nSPS) is 14.4. The lowest BCUT2D eigenvalue weighted by molar-refractivity contribution is 0.161. The van der Waals surface area contributed by atoms with Crippen LogP contribution in [0.15, 0.2) is 0 Å². The zero-order chi connectivity index (χ0) is 11.7. The minimum Gasteiger partial charge on any atom is -0.394 e. The monoisotopic (exact) mass is 218 g/mol. The van der Waals surface area contributed by atoms with Crippen LogP contribution in [-0.2, 0) is 4.74 Å². The molecule has 0 aromatic rings. The second-order valence-electron chi connectivity index (χ2n) is 3.47. The largest absolute Gasteiger partial charge is 0.394 e. The van der Waals surface area contributed by atoms with E-state index in [-0.39, 0.29) is 24.7 Å². The first-order valence-electron chi connectivity index (χ1n) is 5.34. The van der Waals surface area contributed by atoms with Crippen molar-refractivity contribution in [3.8, 4) is 0 Å². The van der Waals surface area contributed by atoms with Crippen molar-refractivity contribution in [3.63, 3.8) is 0 Å². The van der Waals surface area contributed by atoms with E-state index in [1.54, 1.807) is 7.11 Å². The summed E-state index contributed by atoms with van der Waals surface area (Å²) in [4.78, 5) is 11.4. The third-order valence-electron chi connectivity index (χ3n) is 2.24. The van der Waals surface area contributed by atoms with Crippen LogP contribution < -0.4 is 10.6 Å². The van der Waals surface area contributed by atoms with Crippen LogP contribution in [0.25, 0.3) is 0 Å². The molecule has 0 rings (SSSR count). The smallest absolute Gasteiger partial charge is 0.315 e. The van der Waals surface area contributed by atoms with E-state index in [0.717, 1.165) is 6.42 Å². The molecule has 3 N–H and O–H groups in total. The van der Waals surface area contributed by atoms with Gasteiger partial charge >= 0.3 is 6.03 Å². The molecule has 0 aliphatic rings. The molecule has 0 aromatic carbocycles. The van der Waals surface area contributed by atoms with E-state index in [4.69, 9.17) is 9.84 Å². The second kappa shape index (κ2) is 8.49. The molecule has 5 heteroatoms. The fourth-order valence-electron chi connectivity index (χ4n) is 1.15. The molecule has 0 aromatic heterocycles. The molecule has 0 fully saturated rings. The predicted molar refractivity (Wildman–Crippen MR) is 58.8 cm³/mol. The molecule has 0 saturated heterocycles. The van der Waals surface area contributed by atoms with Gasteiger partial charge in [0.05, 0.1) is 25.3 Å². The average Bonchev–Trinajstić information content (AvgIpc) is 2.25. The van der Waals surface area contributed by atoms with Crippen LogP contribution >= 0.6 is 0 Å². The molecule has 0 saturated carbocycles. The summed E-state index contributed by atoms with van der Waals surface area (Å²) in [6.07, 6.45) is 1.53. The summed E-state index contributed by atoms with van der Waals surface area (Å²) in [5.41, 5.74) is 0. The van der Waals surface area contributed by atoms with Gasteiger partial charge in [-0.1, -0.05) is 13.8 Å². The Bertz CT molecular complexity index is 172. The van der Waals surface area contributed by atoms with Crippen molar-refractivity contribution in [3.05, 3.63) is 0 Å². The summed E-state index contributed by atoms with van der Waals surface area (Å²) in [6.45, 7) is 4.35. The Morgan fingerprint density at radius 1 is 1.27 bits per heavy atom. The maximum atomic E-state index is 11.4. The van der Waals surface area contributed by atoms with Crippen molar-refractivity contribution >= 4 is 6.03 Å². The van der Waals surface area contributed by atoms with E-state index in [1.165, 1.54) is 0 Å². The van der Waals surface area contributed by atoms with E-state index < -0.39 is 0 Å². The van der Waals surface area contributed by atoms with E-state index in [0.29, 0.717) is 13.0 Å². The predicted octanol–water partition coefficient (Wildman–Crippen LogP) is 0.481. The number of aliphatic hydroxyl groups excluding tert-OH is 1. The Kier molecular flexibility index (Phi) is 8.04. The molecular weight excluding hydrogens is 196 g/mol. The first-order chi connectivity index (χ1) is 7.17. The van der Waals surface area contributed by atoms with Gasteiger partial charge < -0.3 is 20.5 Å². The molecule has 90 valence electrons. The van der Waals surface area contributed by atoms with Gasteiger partial charge in [-0.2, -0.15) is 0 Å². The molecule has 2 amide bonds. The first kappa shape index (κ1) is 14.2. The minimum absolute atomic E-state index is 0.0196. The van der Waals surface area contributed by atoms with Gasteiger partial charge in [-0.25, -0.2) is 4.79 Å². The average molecular weight is 218 g/mol.